The summed E-state index contributed by atoms with van der Waals surface area (Å²) in [5.74, 6) is -2.05. The van der Waals surface area contributed by atoms with Crippen LogP contribution < -0.4 is 20.9 Å². The smallest absolute Gasteiger partial charge is 0.416 e. The number of H-pyrrole nitrogens is 1. The van der Waals surface area contributed by atoms with Crippen LogP contribution >= 0.6 is 0 Å². The molecule has 0 unspecified atom stereocenters. The van der Waals surface area contributed by atoms with E-state index in [9.17, 15) is 32.7 Å². The number of aryl methyl sites for hydroxylation is 1. The molecule has 0 bridgehead atoms. The minimum Gasteiger partial charge on any atom is -0.478 e. The normalized spacial score (nSPS) is 15.8. The van der Waals surface area contributed by atoms with Crippen molar-refractivity contribution in [1.29, 1.82) is 0 Å². The third kappa shape index (κ3) is 6.63. The summed E-state index contributed by atoms with van der Waals surface area (Å²) in [6, 6.07) is 15.5. The highest BCUT2D eigenvalue weighted by Crippen LogP contribution is 2.37. The topological polar surface area (TPSA) is 130 Å². The number of hydrogen-bond donors (Lipinski definition) is 5. The number of rotatable bonds is 7. The summed E-state index contributed by atoms with van der Waals surface area (Å²) in [5, 5.41) is 18.3. The fourth-order valence-corrected chi connectivity index (χ4v) is 6.00. The van der Waals surface area contributed by atoms with Gasteiger partial charge in [-0.2, -0.15) is 13.2 Å². The van der Waals surface area contributed by atoms with E-state index in [1.165, 1.54) is 6.07 Å². The van der Waals surface area contributed by atoms with Gasteiger partial charge in [-0.3, -0.25) is 9.59 Å². The van der Waals surface area contributed by atoms with Crippen molar-refractivity contribution in [2.45, 2.75) is 20.0 Å². The number of carboxylic acids is 1. The Kier molecular flexibility index (Phi) is 8.48. The molecule has 10 nitrogen and oxygen atoms in total. The first-order valence-electron chi connectivity index (χ1n) is 15.2. The summed E-state index contributed by atoms with van der Waals surface area (Å²) in [5.41, 5.74) is 4.28. The van der Waals surface area contributed by atoms with Gasteiger partial charge in [-0.05, 0) is 81.1 Å². The van der Waals surface area contributed by atoms with Crippen molar-refractivity contribution in [2.75, 3.05) is 54.1 Å². The molecule has 48 heavy (non-hydrogen) atoms. The summed E-state index contributed by atoms with van der Waals surface area (Å²) >= 11 is 0. The average Bonchev–Trinajstić information content (AvgIpc) is 3.49. The Morgan fingerprint density at radius 3 is 2.33 bits per heavy atom. The molecule has 6 rings (SSSR count). The second-order valence-corrected chi connectivity index (χ2v) is 12.0. The number of nitrogens with zero attached hydrogens (tertiary/aromatic N) is 2. The predicted octanol–water partition coefficient (Wildman–Crippen LogP) is 6.59. The maximum absolute atomic E-state index is 13.8. The van der Waals surface area contributed by atoms with E-state index in [2.05, 4.69) is 25.8 Å². The lowest BCUT2D eigenvalue weighted by Gasteiger charge is -2.34. The first kappa shape index (κ1) is 32.4. The molecule has 5 N–H and O–H groups in total. The zero-order valence-electron chi connectivity index (χ0n) is 26.4. The van der Waals surface area contributed by atoms with E-state index in [0.29, 0.717) is 82.7 Å². The maximum Gasteiger partial charge on any atom is 0.416 e. The third-order valence-corrected chi connectivity index (χ3v) is 8.57. The molecule has 2 aliphatic rings. The first-order chi connectivity index (χ1) is 22.8. The number of anilines is 5. The zero-order chi connectivity index (χ0) is 34.3. The van der Waals surface area contributed by atoms with E-state index >= 15 is 0 Å². The van der Waals surface area contributed by atoms with Crippen LogP contribution in [0.4, 0.5) is 41.6 Å². The number of hydrogen-bond acceptors (Lipinski definition) is 6. The number of aromatic carboxylic acids is 1. The van der Waals surface area contributed by atoms with E-state index in [4.69, 9.17) is 0 Å². The summed E-state index contributed by atoms with van der Waals surface area (Å²) in [7, 11) is 1.95. The molecule has 248 valence electrons. The molecule has 1 saturated heterocycles. The minimum absolute atomic E-state index is 0.0979. The Morgan fingerprint density at radius 1 is 0.938 bits per heavy atom. The van der Waals surface area contributed by atoms with Gasteiger partial charge >= 0.3 is 12.1 Å². The van der Waals surface area contributed by atoms with Crippen LogP contribution in [0, 0.1) is 13.8 Å². The number of fused-ring (bicyclic) bond motifs is 1. The number of alkyl halides is 3. The van der Waals surface area contributed by atoms with Crippen molar-refractivity contribution in [2.24, 2.45) is 0 Å². The summed E-state index contributed by atoms with van der Waals surface area (Å²) in [6.45, 7) is 5.85. The first-order valence-corrected chi connectivity index (χ1v) is 15.2. The van der Waals surface area contributed by atoms with Gasteiger partial charge in [0, 0.05) is 71.4 Å². The van der Waals surface area contributed by atoms with Crippen molar-refractivity contribution >= 4 is 57.9 Å². The molecule has 3 aromatic carbocycles. The van der Waals surface area contributed by atoms with Gasteiger partial charge in [-0.25, -0.2) is 4.79 Å². The molecule has 0 spiro atoms. The monoisotopic (exact) mass is 658 g/mol. The second kappa shape index (κ2) is 12.6. The lowest BCUT2D eigenvalue weighted by atomic mass is 10.0. The number of piperazine rings is 1. The molecule has 0 aliphatic carbocycles. The van der Waals surface area contributed by atoms with E-state index < -0.39 is 23.6 Å². The molecule has 2 amide bonds. The van der Waals surface area contributed by atoms with E-state index in [-0.39, 0.29) is 17.0 Å². The van der Waals surface area contributed by atoms with Gasteiger partial charge in [0.05, 0.1) is 22.4 Å². The predicted molar refractivity (Wildman–Crippen MR) is 179 cm³/mol. The van der Waals surface area contributed by atoms with Gasteiger partial charge in [-0.15, -0.1) is 0 Å². The van der Waals surface area contributed by atoms with E-state index in [1.54, 1.807) is 62.4 Å². The Hall–Kier alpha value is -5.56. The Labute approximate surface area is 274 Å². The van der Waals surface area contributed by atoms with Crippen molar-refractivity contribution in [3.05, 3.63) is 99.9 Å². The van der Waals surface area contributed by atoms with E-state index in [1.807, 2.05) is 11.9 Å². The fourth-order valence-electron chi connectivity index (χ4n) is 6.00. The largest absolute Gasteiger partial charge is 0.478 e. The number of carbonyl (C=O) groups excluding carboxylic acids is 2. The molecule has 3 heterocycles. The SMILES string of the molecule is Cc1[nH]c(C=C2C(=O)Nc3cc(Nc4cccc(NC(=O)c5cc(N6CCN(C)CC6)cc(C(F)(F)F)c5)c4)ccc32)c(C)c1C(=O)O. The Morgan fingerprint density at radius 2 is 1.65 bits per heavy atom. The fraction of sp³-hybridized carbons (Fsp3) is 0.229. The summed E-state index contributed by atoms with van der Waals surface area (Å²) < 4.78 is 41.4. The number of carboxylic acid groups (broad SMARTS) is 1. The van der Waals surface area contributed by atoms with Crippen LogP contribution in [0.25, 0.3) is 11.6 Å². The molecule has 1 fully saturated rings. The molecule has 1 aromatic heterocycles. The number of aromatic amines is 1. The van der Waals surface area contributed by atoms with Gasteiger partial charge in [0.15, 0.2) is 0 Å². The highest BCUT2D eigenvalue weighted by molar-refractivity contribution is 6.35. The molecule has 13 heteroatoms. The maximum atomic E-state index is 13.8. The van der Waals surface area contributed by atoms with Crippen LogP contribution in [-0.2, 0) is 11.0 Å². The number of nitrogens with one attached hydrogen (secondary N) is 4. The molecular formula is C35H33F3N6O4. The lowest BCUT2D eigenvalue weighted by molar-refractivity contribution is -0.137. The summed E-state index contributed by atoms with van der Waals surface area (Å²) in [4.78, 5) is 44.7. The number of benzene rings is 3. The molecular weight excluding hydrogens is 625 g/mol. The number of halogens is 3. The van der Waals surface area contributed by atoms with Crippen molar-refractivity contribution in [3.63, 3.8) is 0 Å². The molecule has 0 atom stereocenters. The average molecular weight is 659 g/mol. The van der Waals surface area contributed by atoms with Crippen LogP contribution in [0.1, 0.15) is 48.8 Å². The molecule has 0 radical (unpaired) electrons. The number of likely N-dealkylation sites (N-methyl/N-ethyl adjacent to an activating group) is 1. The number of aromatic nitrogens is 1. The van der Waals surface area contributed by atoms with Crippen LogP contribution in [-0.4, -0.2) is 66.0 Å². The van der Waals surface area contributed by atoms with Crippen LogP contribution in [0.5, 0.6) is 0 Å². The van der Waals surface area contributed by atoms with Gasteiger partial charge in [0.1, 0.15) is 0 Å². The van der Waals surface area contributed by atoms with Gasteiger partial charge in [0.25, 0.3) is 11.8 Å². The van der Waals surface area contributed by atoms with Gasteiger partial charge < -0.3 is 35.8 Å². The van der Waals surface area contributed by atoms with Gasteiger partial charge in [0.2, 0.25) is 0 Å². The molecule has 2 aliphatic heterocycles. The van der Waals surface area contributed by atoms with E-state index in [0.717, 1.165) is 12.1 Å². The Bertz CT molecular complexity index is 1980. The highest BCUT2D eigenvalue weighted by atomic mass is 19.4. The van der Waals surface area contributed by atoms with Crippen molar-refractivity contribution in [1.82, 2.24) is 9.88 Å². The van der Waals surface area contributed by atoms with Crippen LogP contribution in [0.2, 0.25) is 0 Å². The lowest BCUT2D eigenvalue weighted by Crippen LogP contribution is -2.44. The standard InChI is InChI=1S/C35H33F3N6O4/c1-19-29(39-20(2)31(19)34(47)48)18-28-27-8-7-25(17-30(27)42-33(28)46)40-23-5-4-6-24(16-23)41-32(45)21-13-22(35(36,37)38)15-26(14-21)44-11-9-43(3)10-12-44/h4-8,13-18,39-40H,9-12H2,1-3H3,(H,41,45)(H,42,46)(H,47,48). The van der Waals surface area contributed by atoms with Gasteiger partial charge in [-0.1, -0.05) is 12.1 Å². The van der Waals surface area contributed by atoms with Crippen LogP contribution in [0.15, 0.2) is 60.7 Å². The number of carbonyl (C=O) groups is 3. The summed E-state index contributed by atoms with van der Waals surface area (Å²) in [6.07, 6.45) is -2.98. The van der Waals surface area contributed by atoms with Crippen molar-refractivity contribution < 1.29 is 32.7 Å². The Balaban J connectivity index is 1.19. The third-order valence-electron chi connectivity index (χ3n) is 8.57. The quantitative estimate of drug-likeness (QED) is 0.142. The zero-order valence-corrected chi connectivity index (χ0v) is 26.4. The van der Waals surface area contributed by atoms with Crippen molar-refractivity contribution in [3.8, 4) is 0 Å². The number of amides is 2. The highest BCUT2D eigenvalue weighted by Gasteiger charge is 2.33. The molecule has 0 saturated carbocycles. The second-order valence-electron chi connectivity index (χ2n) is 12.0. The molecule has 4 aromatic rings. The van der Waals surface area contributed by atoms with Crippen LogP contribution in [0.3, 0.4) is 0 Å². The minimum atomic E-state index is -4.61.